The molecule has 0 saturated carbocycles. The molecule has 0 aliphatic rings. The molecule has 1 rings (SSSR count). The number of aromatic nitrogens is 2. The molecule has 1 aromatic heterocycles. The van der Waals surface area contributed by atoms with Crippen molar-refractivity contribution in [2.24, 2.45) is 0 Å². The monoisotopic (exact) mass is 194 g/mol. The van der Waals surface area contributed by atoms with Crippen LogP contribution in [0.1, 0.15) is 17.7 Å². The Balaban J connectivity index is 2.91. The smallest absolute Gasteiger partial charge is 0.222 e. The summed E-state index contributed by atoms with van der Waals surface area (Å²) in [6.07, 6.45) is 2.52. The largest absolute Gasteiger partial charge is 0.302 e. The summed E-state index contributed by atoms with van der Waals surface area (Å²) >= 11 is 5.55. The van der Waals surface area contributed by atoms with Gasteiger partial charge in [-0.25, -0.2) is 9.97 Å². The van der Waals surface area contributed by atoms with Crippen LogP contribution in [0.4, 0.5) is 0 Å². The van der Waals surface area contributed by atoms with Crippen LogP contribution in [-0.4, -0.2) is 16.3 Å². The van der Waals surface area contributed by atoms with E-state index in [0.29, 0.717) is 5.56 Å². The summed E-state index contributed by atoms with van der Waals surface area (Å²) in [6, 6.07) is 0. The fourth-order valence-electron chi connectivity index (χ4n) is 0.749. The molecule has 0 bridgehead atoms. The minimum absolute atomic E-state index is 0.207. The zero-order valence-corrected chi connectivity index (χ0v) is 7.80. The Bertz CT molecular complexity index is 379. The Morgan fingerprint density at radius 2 is 2.46 bits per heavy atom. The van der Waals surface area contributed by atoms with Crippen molar-refractivity contribution in [3.05, 3.63) is 22.7 Å². The summed E-state index contributed by atoms with van der Waals surface area (Å²) in [6.45, 7) is 1.79. The van der Waals surface area contributed by atoms with Gasteiger partial charge in [-0.3, -0.25) is 0 Å². The van der Waals surface area contributed by atoms with Gasteiger partial charge in [0.15, 0.2) is 0 Å². The summed E-state index contributed by atoms with van der Waals surface area (Å²) in [5, 5.41) is 0.207. The number of hydrogen-bond donors (Lipinski definition) is 0. The van der Waals surface area contributed by atoms with Crippen LogP contribution in [0, 0.1) is 18.8 Å². The lowest BCUT2D eigenvalue weighted by atomic mass is 10.2. The van der Waals surface area contributed by atoms with E-state index in [1.165, 1.54) is 0 Å². The minimum atomic E-state index is 0.207. The van der Waals surface area contributed by atoms with Gasteiger partial charge in [0.1, 0.15) is 6.29 Å². The Kier molecular flexibility index (Phi) is 3.41. The maximum Gasteiger partial charge on any atom is 0.222 e. The lowest BCUT2D eigenvalue weighted by Crippen LogP contribution is -1.90. The molecule has 0 aliphatic heterocycles. The van der Waals surface area contributed by atoms with Gasteiger partial charge in [0.05, 0.1) is 17.7 Å². The number of aryl methyl sites for hydroxylation is 1. The highest BCUT2D eigenvalue weighted by molar-refractivity contribution is 6.28. The molecule has 0 spiro atoms. The second kappa shape index (κ2) is 4.58. The fraction of sp³-hybridized carbons (Fsp3) is 0.222. The van der Waals surface area contributed by atoms with Gasteiger partial charge < -0.3 is 4.79 Å². The Hall–Kier alpha value is -1.40. The van der Waals surface area contributed by atoms with E-state index < -0.39 is 0 Å². The van der Waals surface area contributed by atoms with Crippen molar-refractivity contribution >= 4 is 17.9 Å². The zero-order chi connectivity index (χ0) is 9.68. The van der Waals surface area contributed by atoms with Crippen LogP contribution < -0.4 is 0 Å². The minimum Gasteiger partial charge on any atom is -0.302 e. The highest BCUT2D eigenvalue weighted by Crippen LogP contribution is 2.05. The van der Waals surface area contributed by atoms with Crippen LogP contribution in [-0.2, 0) is 4.79 Å². The Morgan fingerprint density at radius 1 is 1.69 bits per heavy atom. The van der Waals surface area contributed by atoms with E-state index in [1.54, 1.807) is 13.1 Å². The first-order valence-corrected chi connectivity index (χ1v) is 4.03. The molecule has 0 unspecified atom stereocenters. The van der Waals surface area contributed by atoms with E-state index in [2.05, 4.69) is 21.8 Å². The molecular formula is C9H7ClN2O. The molecule has 0 N–H and O–H groups in total. The second-order valence-corrected chi connectivity index (χ2v) is 2.65. The predicted octanol–water partition coefficient (Wildman–Crippen LogP) is 1.38. The van der Waals surface area contributed by atoms with Crippen molar-refractivity contribution in [2.45, 2.75) is 13.3 Å². The Labute approximate surface area is 81.2 Å². The number of carbonyl (C=O) groups excluding carboxylic acids is 1. The topological polar surface area (TPSA) is 42.9 Å². The molecule has 0 aliphatic carbocycles. The molecule has 1 heterocycles. The lowest BCUT2D eigenvalue weighted by molar-refractivity contribution is -0.107. The van der Waals surface area contributed by atoms with E-state index in [9.17, 15) is 4.79 Å². The van der Waals surface area contributed by atoms with Crippen molar-refractivity contribution in [1.29, 1.82) is 0 Å². The molecule has 0 aromatic carbocycles. The van der Waals surface area contributed by atoms with Gasteiger partial charge in [0, 0.05) is 6.20 Å². The number of carbonyl (C=O) groups is 1. The van der Waals surface area contributed by atoms with Gasteiger partial charge in [-0.1, -0.05) is 11.8 Å². The van der Waals surface area contributed by atoms with Gasteiger partial charge in [0.25, 0.3) is 0 Å². The van der Waals surface area contributed by atoms with Gasteiger partial charge >= 0.3 is 0 Å². The third-order valence-electron chi connectivity index (χ3n) is 1.36. The van der Waals surface area contributed by atoms with E-state index in [0.717, 1.165) is 12.0 Å². The third-order valence-corrected chi connectivity index (χ3v) is 1.54. The van der Waals surface area contributed by atoms with E-state index in [1.807, 2.05) is 0 Å². The summed E-state index contributed by atoms with van der Waals surface area (Å²) in [5.41, 5.74) is 1.42. The molecular weight excluding hydrogens is 188 g/mol. The third kappa shape index (κ3) is 2.85. The average molecular weight is 195 g/mol. The molecule has 13 heavy (non-hydrogen) atoms. The van der Waals surface area contributed by atoms with Crippen molar-refractivity contribution < 1.29 is 4.79 Å². The van der Waals surface area contributed by atoms with E-state index in [-0.39, 0.29) is 11.7 Å². The van der Waals surface area contributed by atoms with Crippen LogP contribution in [0.25, 0.3) is 0 Å². The molecule has 0 fully saturated rings. The average Bonchev–Trinajstić information content (AvgIpc) is 2.09. The van der Waals surface area contributed by atoms with Crippen molar-refractivity contribution in [1.82, 2.24) is 9.97 Å². The maximum absolute atomic E-state index is 9.98. The Morgan fingerprint density at radius 3 is 3.08 bits per heavy atom. The molecule has 4 heteroatoms. The second-order valence-electron chi connectivity index (χ2n) is 2.31. The highest BCUT2D eigenvalue weighted by Gasteiger charge is 1.97. The van der Waals surface area contributed by atoms with Crippen LogP contribution in [0.2, 0.25) is 5.28 Å². The fourth-order valence-corrected chi connectivity index (χ4v) is 0.925. The molecule has 1 aromatic rings. The molecule has 0 saturated heterocycles. The summed E-state index contributed by atoms with van der Waals surface area (Å²) < 4.78 is 0. The first-order valence-electron chi connectivity index (χ1n) is 3.65. The number of hydrogen-bond acceptors (Lipinski definition) is 3. The molecule has 0 atom stereocenters. The number of aldehydes is 1. The van der Waals surface area contributed by atoms with Crippen molar-refractivity contribution in [3.8, 4) is 11.8 Å². The van der Waals surface area contributed by atoms with Crippen LogP contribution in [0.15, 0.2) is 6.20 Å². The summed E-state index contributed by atoms with van der Waals surface area (Å²) in [4.78, 5) is 17.7. The lowest BCUT2D eigenvalue weighted by Gasteiger charge is -1.95. The first kappa shape index (κ1) is 9.69. The first-order chi connectivity index (χ1) is 6.24. The van der Waals surface area contributed by atoms with Gasteiger partial charge in [-0.15, -0.1) is 0 Å². The summed E-state index contributed by atoms with van der Waals surface area (Å²) in [7, 11) is 0. The number of rotatable bonds is 1. The van der Waals surface area contributed by atoms with Crippen LogP contribution in [0.3, 0.4) is 0 Å². The maximum atomic E-state index is 9.98. The van der Waals surface area contributed by atoms with E-state index >= 15 is 0 Å². The molecule has 3 nitrogen and oxygen atoms in total. The normalized spacial score (nSPS) is 8.77. The van der Waals surface area contributed by atoms with Crippen molar-refractivity contribution in [2.75, 3.05) is 0 Å². The van der Waals surface area contributed by atoms with E-state index in [4.69, 9.17) is 11.6 Å². The quantitative estimate of drug-likeness (QED) is 0.385. The summed E-state index contributed by atoms with van der Waals surface area (Å²) in [5.74, 6) is 5.45. The highest BCUT2D eigenvalue weighted by atomic mass is 35.5. The van der Waals surface area contributed by atoms with Crippen LogP contribution in [0.5, 0.6) is 0 Å². The zero-order valence-electron chi connectivity index (χ0n) is 7.04. The number of halogens is 1. The van der Waals surface area contributed by atoms with Crippen molar-refractivity contribution in [3.63, 3.8) is 0 Å². The van der Waals surface area contributed by atoms with Gasteiger partial charge in [-0.2, -0.15) is 0 Å². The van der Waals surface area contributed by atoms with Gasteiger partial charge in [0.2, 0.25) is 5.28 Å². The molecule has 0 radical (unpaired) electrons. The number of nitrogens with zero attached hydrogens (tertiary/aromatic N) is 2. The molecule has 66 valence electrons. The van der Waals surface area contributed by atoms with Gasteiger partial charge in [-0.05, 0) is 18.5 Å². The van der Waals surface area contributed by atoms with Crippen LogP contribution >= 0.6 is 11.6 Å². The molecule has 0 amide bonds. The standard InChI is InChI=1S/C9H7ClN2O/c1-7-8(4-2-3-5-13)6-11-9(10)12-7/h5-6H,3H2,1H3. The SMILES string of the molecule is Cc1nc(Cl)ncc1C#CCC=O. The predicted molar refractivity (Wildman–Crippen MR) is 49.3 cm³/mol.